The van der Waals surface area contributed by atoms with Crippen molar-refractivity contribution in [2.45, 2.75) is 18.1 Å². The molecular weight excluding hydrogens is 284 g/mol. The van der Waals surface area contributed by atoms with E-state index in [4.69, 9.17) is 16.3 Å². The van der Waals surface area contributed by atoms with Gasteiger partial charge in [-0.05, 0) is 6.92 Å². The number of methoxy groups -OCH3 is 1. The lowest BCUT2D eigenvalue weighted by atomic mass is 10.6. The quantitative estimate of drug-likeness (QED) is 0.803. The summed E-state index contributed by atoms with van der Waals surface area (Å²) < 4.78 is 31.3. The first-order chi connectivity index (χ1) is 7.93. The lowest BCUT2D eigenvalue weighted by molar-refractivity contribution is 0.180. The van der Waals surface area contributed by atoms with E-state index < -0.39 is 10.0 Å². The molecule has 8 heteroatoms. The average molecular weight is 299 g/mol. The SMILES string of the molecule is CCN(CCOC)S(=O)(=O)c1sc(Cl)nc1C. The normalized spacial score (nSPS) is 12.3. The van der Waals surface area contributed by atoms with E-state index in [2.05, 4.69) is 4.98 Å². The summed E-state index contributed by atoms with van der Waals surface area (Å²) in [5.41, 5.74) is 0.441. The van der Waals surface area contributed by atoms with Crippen LogP contribution in [-0.4, -0.2) is 44.5 Å². The Kier molecular flexibility index (Phi) is 5.33. The van der Waals surface area contributed by atoms with Crippen LogP contribution in [0.4, 0.5) is 0 Å². The number of hydrogen-bond donors (Lipinski definition) is 0. The first-order valence-electron chi connectivity index (χ1n) is 5.05. The highest BCUT2D eigenvalue weighted by molar-refractivity contribution is 7.91. The van der Waals surface area contributed by atoms with Crippen molar-refractivity contribution < 1.29 is 13.2 Å². The minimum absolute atomic E-state index is 0.209. The van der Waals surface area contributed by atoms with Gasteiger partial charge in [-0.15, -0.1) is 0 Å². The molecule has 1 aromatic rings. The van der Waals surface area contributed by atoms with Gasteiger partial charge >= 0.3 is 0 Å². The number of aromatic nitrogens is 1. The third kappa shape index (κ3) is 3.38. The van der Waals surface area contributed by atoms with Crippen LogP contribution in [0.5, 0.6) is 0 Å². The van der Waals surface area contributed by atoms with E-state index in [9.17, 15) is 8.42 Å². The number of aryl methyl sites for hydroxylation is 1. The number of halogens is 1. The van der Waals surface area contributed by atoms with Crippen molar-refractivity contribution in [3.8, 4) is 0 Å². The molecule has 0 spiro atoms. The fourth-order valence-electron chi connectivity index (χ4n) is 1.35. The summed E-state index contributed by atoms with van der Waals surface area (Å²) in [6.07, 6.45) is 0. The van der Waals surface area contributed by atoms with E-state index >= 15 is 0 Å². The van der Waals surface area contributed by atoms with Crippen LogP contribution in [0.15, 0.2) is 4.21 Å². The Labute approximate surface area is 110 Å². The van der Waals surface area contributed by atoms with Crippen LogP contribution < -0.4 is 0 Å². The molecule has 0 radical (unpaired) electrons. The first-order valence-corrected chi connectivity index (χ1v) is 7.69. The molecule has 5 nitrogen and oxygen atoms in total. The van der Waals surface area contributed by atoms with E-state index in [1.165, 1.54) is 11.4 Å². The van der Waals surface area contributed by atoms with Crippen LogP contribution in [0.3, 0.4) is 0 Å². The number of likely N-dealkylation sites (N-methyl/N-ethyl adjacent to an activating group) is 1. The lowest BCUT2D eigenvalue weighted by Gasteiger charge is -2.19. The van der Waals surface area contributed by atoms with Gasteiger partial charge in [0.1, 0.15) is 0 Å². The number of nitrogens with zero attached hydrogens (tertiary/aromatic N) is 2. The monoisotopic (exact) mass is 298 g/mol. The number of hydrogen-bond acceptors (Lipinski definition) is 5. The third-order valence-corrected chi connectivity index (χ3v) is 6.02. The Morgan fingerprint density at radius 1 is 1.53 bits per heavy atom. The topological polar surface area (TPSA) is 59.5 Å². The molecular formula is C9H15ClN2O3S2. The minimum Gasteiger partial charge on any atom is -0.383 e. The molecule has 0 saturated carbocycles. The van der Waals surface area contributed by atoms with Gasteiger partial charge in [0.25, 0.3) is 10.0 Å². The fourth-order valence-corrected chi connectivity index (χ4v) is 4.66. The van der Waals surface area contributed by atoms with Crippen molar-refractivity contribution in [1.29, 1.82) is 0 Å². The standard InChI is InChI=1S/C9H15ClN2O3S2/c1-4-12(5-6-15-3)17(13,14)8-7(2)11-9(10)16-8/h4-6H2,1-3H3. The summed E-state index contributed by atoms with van der Waals surface area (Å²) in [4.78, 5) is 3.92. The van der Waals surface area contributed by atoms with Crippen LogP contribution in [-0.2, 0) is 14.8 Å². The molecule has 0 aliphatic carbocycles. The smallest absolute Gasteiger partial charge is 0.254 e. The van der Waals surface area contributed by atoms with E-state index in [0.717, 1.165) is 11.3 Å². The first kappa shape index (κ1) is 14.8. The zero-order valence-electron chi connectivity index (χ0n) is 9.93. The molecule has 1 heterocycles. The van der Waals surface area contributed by atoms with Crippen LogP contribution in [0, 0.1) is 6.92 Å². The molecule has 0 unspecified atom stereocenters. The Morgan fingerprint density at radius 2 is 2.18 bits per heavy atom. The van der Waals surface area contributed by atoms with Crippen molar-refractivity contribution >= 4 is 33.0 Å². The number of rotatable bonds is 6. The molecule has 0 aliphatic rings. The summed E-state index contributed by atoms with van der Waals surface area (Å²) >= 11 is 6.71. The van der Waals surface area contributed by atoms with Crippen molar-refractivity contribution in [2.75, 3.05) is 26.8 Å². The average Bonchev–Trinajstić information content (AvgIpc) is 2.59. The van der Waals surface area contributed by atoms with Gasteiger partial charge in [0.15, 0.2) is 8.68 Å². The van der Waals surface area contributed by atoms with Crippen LogP contribution >= 0.6 is 22.9 Å². The number of ether oxygens (including phenoxy) is 1. The highest BCUT2D eigenvalue weighted by Gasteiger charge is 2.27. The minimum atomic E-state index is -3.51. The maximum Gasteiger partial charge on any atom is 0.254 e. The summed E-state index contributed by atoms with van der Waals surface area (Å²) in [5.74, 6) is 0. The Balaban J connectivity index is 3.04. The summed E-state index contributed by atoms with van der Waals surface area (Å²) in [5, 5.41) is 0. The molecule has 0 amide bonds. The van der Waals surface area contributed by atoms with Gasteiger partial charge in [-0.2, -0.15) is 4.31 Å². The van der Waals surface area contributed by atoms with Crippen molar-refractivity contribution in [3.05, 3.63) is 10.2 Å². The molecule has 0 saturated heterocycles. The van der Waals surface area contributed by atoms with Gasteiger partial charge in [0, 0.05) is 20.2 Å². The maximum atomic E-state index is 12.3. The predicted octanol–water partition coefficient (Wildman–Crippen LogP) is 1.76. The zero-order valence-corrected chi connectivity index (χ0v) is 12.3. The van der Waals surface area contributed by atoms with Gasteiger partial charge in [-0.25, -0.2) is 13.4 Å². The van der Waals surface area contributed by atoms with E-state index in [0.29, 0.717) is 25.4 Å². The molecule has 17 heavy (non-hydrogen) atoms. The molecule has 98 valence electrons. The van der Waals surface area contributed by atoms with Crippen molar-refractivity contribution in [3.63, 3.8) is 0 Å². The summed E-state index contributed by atoms with van der Waals surface area (Å²) in [7, 11) is -1.97. The molecule has 0 fully saturated rings. The van der Waals surface area contributed by atoms with Gasteiger partial charge in [-0.3, -0.25) is 0 Å². The second kappa shape index (κ2) is 6.10. The van der Waals surface area contributed by atoms with Gasteiger partial charge < -0.3 is 4.74 Å². The lowest BCUT2D eigenvalue weighted by Crippen LogP contribution is -2.33. The Hall–Kier alpha value is -0.210. The summed E-state index contributed by atoms with van der Waals surface area (Å²) in [6.45, 7) is 4.49. The molecule has 1 rings (SSSR count). The van der Waals surface area contributed by atoms with Crippen LogP contribution in [0.25, 0.3) is 0 Å². The highest BCUT2D eigenvalue weighted by atomic mass is 35.5. The summed E-state index contributed by atoms with van der Waals surface area (Å²) in [6, 6.07) is 0. The predicted molar refractivity (Wildman–Crippen MR) is 68.2 cm³/mol. The molecule has 0 atom stereocenters. The molecule has 1 aromatic heterocycles. The van der Waals surface area contributed by atoms with Crippen molar-refractivity contribution in [2.24, 2.45) is 0 Å². The van der Waals surface area contributed by atoms with Crippen LogP contribution in [0.2, 0.25) is 4.47 Å². The number of sulfonamides is 1. The third-order valence-electron chi connectivity index (χ3n) is 2.20. The Bertz CT molecular complexity index is 473. The van der Waals surface area contributed by atoms with Crippen LogP contribution in [0.1, 0.15) is 12.6 Å². The molecule has 0 aliphatic heterocycles. The highest BCUT2D eigenvalue weighted by Crippen LogP contribution is 2.29. The van der Waals surface area contributed by atoms with E-state index in [-0.39, 0.29) is 8.68 Å². The second-order valence-electron chi connectivity index (χ2n) is 3.33. The second-order valence-corrected chi connectivity index (χ2v) is 7.04. The number of thiazole rings is 1. The van der Waals surface area contributed by atoms with Crippen molar-refractivity contribution in [1.82, 2.24) is 9.29 Å². The Morgan fingerprint density at radius 3 is 2.59 bits per heavy atom. The fraction of sp³-hybridized carbons (Fsp3) is 0.667. The van der Waals surface area contributed by atoms with E-state index in [1.807, 2.05) is 0 Å². The van der Waals surface area contributed by atoms with Gasteiger partial charge in [0.05, 0.1) is 12.3 Å². The molecule has 0 bridgehead atoms. The van der Waals surface area contributed by atoms with Gasteiger partial charge in [0.2, 0.25) is 0 Å². The zero-order chi connectivity index (χ0) is 13.1. The molecule has 0 aromatic carbocycles. The molecule has 0 N–H and O–H groups in total. The van der Waals surface area contributed by atoms with Gasteiger partial charge in [-0.1, -0.05) is 29.9 Å². The maximum absolute atomic E-state index is 12.3. The van der Waals surface area contributed by atoms with E-state index in [1.54, 1.807) is 13.8 Å². The largest absolute Gasteiger partial charge is 0.383 e.